The first-order valence-corrected chi connectivity index (χ1v) is 6.80. The molecule has 96 valence electrons. The van der Waals surface area contributed by atoms with Crippen LogP contribution >= 0.6 is 0 Å². The molecule has 0 heterocycles. The molecule has 1 aromatic carbocycles. The average Bonchev–Trinajstić information content (AvgIpc) is 2.27. The SMILES string of the molecule is CC(C)CCOc1ccccc1CCC(C)C. The third kappa shape index (κ3) is 5.76. The second-order valence-corrected chi connectivity index (χ2v) is 5.57. The Labute approximate surface area is 106 Å². The van der Waals surface area contributed by atoms with Gasteiger partial charge in [-0.25, -0.2) is 0 Å². The summed E-state index contributed by atoms with van der Waals surface area (Å²) >= 11 is 0. The van der Waals surface area contributed by atoms with Gasteiger partial charge in [-0.2, -0.15) is 0 Å². The molecular weight excluding hydrogens is 208 g/mol. The highest BCUT2D eigenvalue weighted by molar-refractivity contribution is 5.33. The zero-order chi connectivity index (χ0) is 12.7. The van der Waals surface area contributed by atoms with Crippen LogP contribution in [-0.2, 0) is 6.42 Å². The van der Waals surface area contributed by atoms with E-state index in [1.807, 2.05) is 0 Å². The largest absolute Gasteiger partial charge is 0.493 e. The molecule has 1 nitrogen and oxygen atoms in total. The number of aryl methyl sites for hydroxylation is 1. The van der Waals surface area contributed by atoms with Crippen LogP contribution in [0.3, 0.4) is 0 Å². The molecule has 1 heteroatoms. The highest BCUT2D eigenvalue weighted by Gasteiger charge is 2.04. The van der Waals surface area contributed by atoms with Crippen molar-refractivity contribution in [3.8, 4) is 5.75 Å². The van der Waals surface area contributed by atoms with Gasteiger partial charge in [-0.3, -0.25) is 0 Å². The zero-order valence-corrected chi connectivity index (χ0v) is 11.7. The van der Waals surface area contributed by atoms with Crippen molar-refractivity contribution in [3.63, 3.8) is 0 Å². The molecule has 0 N–H and O–H groups in total. The first-order chi connectivity index (χ1) is 8.09. The molecule has 0 saturated carbocycles. The Kier molecular flexibility index (Phi) is 6.10. The predicted molar refractivity (Wildman–Crippen MR) is 74.6 cm³/mol. The van der Waals surface area contributed by atoms with Crippen molar-refractivity contribution in [2.75, 3.05) is 6.61 Å². The van der Waals surface area contributed by atoms with E-state index in [2.05, 4.69) is 52.0 Å². The minimum atomic E-state index is 0.706. The number of hydrogen-bond donors (Lipinski definition) is 0. The molecule has 0 aliphatic heterocycles. The maximum absolute atomic E-state index is 5.88. The maximum atomic E-state index is 5.88. The summed E-state index contributed by atoms with van der Waals surface area (Å²) in [6, 6.07) is 8.44. The lowest BCUT2D eigenvalue weighted by Gasteiger charge is -2.13. The van der Waals surface area contributed by atoms with Crippen molar-refractivity contribution in [2.45, 2.75) is 47.0 Å². The number of para-hydroxylation sites is 1. The third-order valence-electron chi connectivity index (χ3n) is 2.92. The van der Waals surface area contributed by atoms with E-state index in [1.165, 1.54) is 12.0 Å². The molecule has 0 aromatic heterocycles. The van der Waals surface area contributed by atoms with Crippen LogP contribution in [0.1, 0.15) is 46.1 Å². The summed E-state index contributed by atoms with van der Waals surface area (Å²) in [5.41, 5.74) is 1.35. The number of ether oxygens (including phenoxy) is 1. The van der Waals surface area contributed by atoms with Gasteiger partial charge in [0, 0.05) is 0 Å². The van der Waals surface area contributed by atoms with Crippen LogP contribution in [0.15, 0.2) is 24.3 Å². The maximum Gasteiger partial charge on any atom is 0.122 e. The molecule has 0 aliphatic carbocycles. The molecule has 0 saturated heterocycles. The number of benzene rings is 1. The van der Waals surface area contributed by atoms with Gasteiger partial charge in [0.2, 0.25) is 0 Å². The molecule has 17 heavy (non-hydrogen) atoms. The van der Waals surface area contributed by atoms with E-state index in [0.29, 0.717) is 5.92 Å². The molecule has 1 rings (SSSR count). The molecule has 0 amide bonds. The summed E-state index contributed by atoms with van der Waals surface area (Å²) < 4.78 is 5.88. The first kappa shape index (κ1) is 14.1. The van der Waals surface area contributed by atoms with Gasteiger partial charge in [0.05, 0.1) is 6.61 Å². The monoisotopic (exact) mass is 234 g/mol. The van der Waals surface area contributed by atoms with Gasteiger partial charge in [0.1, 0.15) is 5.75 Å². The minimum Gasteiger partial charge on any atom is -0.493 e. The van der Waals surface area contributed by atoms with Gasteiger partial charge in [-0.15, -0.1) is 0 Å². The quantitative estimate of drug-likeness (QED) is 0.664. The summed E-state index contributed by atoms with van der Waals surface area (Å²) in [6.07, 6.45) is 3.47. The summed E-state index contributed by atoms with van der Waals surface area (Å²) in [5, 5.41) is 0. The van der Waals surface area contributed by atoms with Crippen molar-refractivity contribution in [1.29, 1.82) is 0 Å². The topological polar surface area (TPSA) is 9.23 Å². The van der Waals surface area contributed by atoms with Crippen LogP contribution in [-0.4, -0.2) is 6.61 Å². The van der Waals surface area contributed by atoms with Crippen LogP contribution in [0.5, 0.6) is 5.75 Å². The fourth-order valence-electron chi connectivity index (χ4n) is 1.70. The minimum absolute atomic E-state index is 0.706. The van der Waals surface area contributed by atoms with Crippen LogP contribution in [0.4, 0.5) is 0 Å². The Morgan fingerprint density at radius 1 is 0.941 bits per heavy atom. The third-order valence-corrected chi connectivity index (χ3v) is 2.92. The van der Waals surface area contributed by atoms with Gasteiger partial charge >= 0.3 is 0 Å². The lowest BCUT2D eigenvalue weighted by molar-refractivity contribution is 0.286. The Morgan fingerprint density at radius 2 is 1.59 bits per heavy atom. The van der Waals surface area contributed by atoms with Crippen molar-refractivity contribution >= 4 is 0 Å². The Balaban J connectivity index is 2.51. The summed E-state index contributed by atoms with van der Waals surface area (Å²) in [7, 11) is 0. The van der Waals surface area contributed by atoms with Crippen LogP contribution in [0, 0.1) is 11.8 Å². The Hall–Kier alpha value is -0.980. The summed E-state index contributed by atoms with van der Waals surface area (Å²) in [4.78, 5) is 0. The van der Waals surface area contributed by atoms with E-state index in [9.17, 15) is 0 Å². The van der Waals surface area contributed by atoms with Gasteiger partial charge in [-0.1, -0.05) is 45.9 Å². The van der Waals surface area contributed by atoms with E-state index in [1.54, 1.807) is 0 Å². The van der Waals surface area contributed by atoms with E-state index >= 15 is 0 Å². The molecule has 0 radical (unpaired) electrons. The van der Waals surface area contributed by atoms with E-state index < -0.39 is 0 Å². The molecule has 0 fully saturated rings. The lowest BCUT2D eigenvalue weighted by atomic mass is 10.0. The average molecular weight is 234 g/mol. The van der Waals surface area contributed by atoms with Crippen molar-refractivity contribution in [2.24, 2.45) is 11.8 Å². The molecule has 0 unspecified atom stereocenters. The molecule has 0 atom stereocenters. The van der Waals surface area contributed by atoms with Gasteiger partial charge < -0.3 is 4.74 Å². The molecular formula is C16H26O. The molecule has 0 bridgehead atoms. The summed E-state index contributed by atoms with van der Waals surface area (Å²) in [6.45, 7) is 9.82. The second kappa shape index (κ2) is 7.37. The smallest absolute Gasteiger partial charge is 0.122 e. The van der Waals surface area contributed by atoms with E-state index in [4.69, 9.17) is 4.74 Å². The van der Waals surface area contributed by atoms with Crippen molar-refractivity contribution in [3.05, 3.63) is 29.8 Å². The highest BCUT2D eigenvalue weighted by atomic mass is 16.5. The zero-order valence-electron chi connectivity index (χ0n) is 11.7. The first-order valence-electron chi connectivity index (χ1n) is 6.80. The fourth-order valence-corrected chi connectivity index (χ4v) is 1.70. The molecule has 0 aliphatic rings. The predicted octanol–water partition coefficient (Wildman–Crippen LogP) is 4.70. The normalized spacial score (nSPS) is 11.2. The van der Waals surface area contributed by atoms with E-state index in [0.717, 1.165) is 31.1 Å². The Morgan fingerprint density at radius 3 is 2.24 bits per heavy atom. The highest BCUT2D eigenvalue weighted by Crippen LogP contribution is 2.21. The van der Waals surface area contributed by atoms with Crippen molar-refractivity contribution < 1.29 is 4.74 Å². The second-order valence-electron chi connectivity index (χ2n) is 5.57. The van der Waals surface area contributed by atoms with Crippen LogP contribution < -0.4 is 4.74 Å². The lowest BCUT2D eigenvalue weighted by Crippen LogP contribution is -2.04. The van der Waals surface area contributed by atoms with Gasteiger partial charge in [0.15, 0.2) is 0 Å². The van der Waals surface area contributed by atoms with Gasteiger partial charge in [0.25, 0.3) is 0 Å². The van der Waals surface area contributed by atoms with Crippen LogP contribution in [0.2, 0.25) is 0 Å². The molecule has 1 aromatic rings. The Bertz CT molecular complexity index is 315. The standard InChI is InChI=1S/C16H26O/c1-13(2)9-10-15-7-5-6-8-16(15)17-12-11-14(3)4/h5-8,13-14H,9-12H2,1-4H3. The van der Waals surface area contributed by atoms with Gasteiger partial charge in [-0.05, 0) is 42.7 Å². The summed E-state index contributed by atoms with van der Waals surface area (Å²) in [5.74, 6) is 2.53. The van der Waals surface area contributed by atoms with Crippen molar-refractivity contribution in [1.82, 2.24) is 0 Å². The van der Waals surface area contributed by atoms with E-state index in [-0.39, 0.29) is 0 Å². The number of rotatable bonds is 7. The number of hydrogen-bond acceptors (Lipinski definition) is 1. The van der Waals surface area contributed by atoms with Crippen LogP contribution in [0.25, 0.3) is 0 Å². The molecule has 0 spiro atoms. The fraction of sp³-hybridized carbons (Fsp3) is 0.625.